The molecular weight excluding hydrogens is 446 g/mol. The molecule has 0 fully saturated rings. The smallest absolute Gasteiger partial charge is 0.193 e. The minimum absolute atomic E-state index is 0.109. The Kier molecular flexibility index (Phi) is 8.03. The van der Waals surface area contributed by atoms with E-state index in [9.17, 15) is 9.90 Å². The highest BCUT2D eigenvalue weighted by atomic mass is 16.5. The zero-order valence-electron chi connectivity index (χ0n) is 19.8. The van der Waals surface area contributed by atoms with Gasteiger partial charge in [0.25, 0.3) is 0 Å². The van der Waals surface area contributed by atoms with Crippen LogP contribution < -0.4 is 25.0 Å². The van der Waals surface area contributed by atoms with Gasteiger partial charge in [0.15, 0.2) is 16.9 Å². The molecule has 35 heavy (non-hydrogen) atoms. The van der Waals surface area contributed by atoms with E-state index in [-0.39, 0.29) is 12.0 Å². The first-order valence-electron chi connectivity index (χ1n) is 11.4. The third-order valence-corrected chi connectivity index (χ3v) is 5.62. The fraction of sp³-hybridized carbons (Fsp3) is 0.250. The van der Waals surface area contributed by atoms with Gasteiger partial charge in [-0.25, -0.2) is 0 Å². The molecule has 1 heterocycles. The highest BCUT2D eigenvalue weighted by molar-refractivity contribution is 5.80. The van der Waals surface area contributed by atoms with E-state index in [2.05, 4.69) is 5.32 Å². The second-order valence-electron chi connectivity index (χ2n) is 8.11. The Morgan fingerprint density at radius 3 is 2.51 bits per heavy atom. The molecule has 0 aliphatic heterocycles. The minimum Gasteiger partial charge on any atom is -0.493 e. The summed E-state index contributed by atoms with van der Waals surface area (Å²) >= 11 is 0. The number of ether oxygens (including phenoxy) is 3. The number of nitrogens with one attached hydrogen (secondary N) is 1. The van der Waals surface area contributed by atoms with E-state index in [0.717, 1.165) is 17.5 Å². The maximum Gasteiger partial charge on any atom is 0.193 e. The zero-order chi connectivity index (χ0) is 24.6. The van der Waals surface area contributed by atoms with E-state index in [1.807, 2.05) is 48.5 Å². The molecule has 0 bridgehead atoms. The van der Waals surface area contributed by atoms with E-state index in [0.29, 0.717) is 47.1 Å². The minimum atomic E-state index is -0.696. The highest BCUT2D eigenvalue weighted by Crippen LogP contribution is 2.28. The molecule has 7 heteroatoms. The van der Waals surface area contributed by atoms with Crippen molar-refractivity contribution in [3.63, 3.8) is 0 Å². The van der Waals surface area contributed by atoms with Crippen molar-refractivity contribution in [2.24, 2.45) is 0 Å². The van der Waals surface area contributed by atoms with Crippen molar-refractivity contribution in [3.8, 4) is 28.6 Å². The fourth-order valence-corrected chi connectivity index (χ4v) is 3.76. The lowest BCUT2D eigenvalue weighted by Gasteiger charge is -2.14. The molecule has 1 atom stereocenters. The molecule has 3 aromatic carbocycles. The zero-order valence-corrected chi connectivity index (χ0v) is 19.8. The molecular formula is C28H29NO6. The molecule has 0 saturated heterocycles. The summed E-state index contributed by atoms with van der Waals surface area (Å²) in [5.41, 5.74) is 2.26. The van der Waals surface area contributed by atoms with Crippen molar-refractivity contribution in [3.05, 3.63) is 88.6 Å². The summed E-state index contributed by atoms with van der Waals surface area (Å²) in [7, 11) is 3.22. The standard InChI is InChI=1S/C28H29NO6/c1-32-25-11-8-19(14-28(25)33-2)12-13-29-17-21(30)18-34-22-9-10-23-24(31)16-26(35-27(23)15-22)20-6-4-3-5-7-20/h3-11,14-16,21,29-30H,12-13,17-18H2,1-2H3. The van der Waals surface area contributed by atoms with Crippen LogP contribution in [0.25, 0.3) is 22.3 Å². The summed E-state index contributed by atoms with van der Waals surface area (Å²) in [4.78, 5) is 12.5. The van der Waals surface area contributed by atoms with Crippen LogP contribution in [0.4, 0.5) is 0 Å². The summed E-state index contributed by atoms with van der Waals surface area (Å²) in [6, 6.07) is 21.8. The van der Waals surface area contributed by atoms with Gasteiger partial charge in [-0.15, -0.1) is 0 Å². The number of aliphatic hydroxyl groups is 1. The molecule has 2 N–H and O–H groups in total. The van der Waals surface area contributed by atoms with Crippen LogP contribution in [0.15, 0.2) is 82.0 Å². The SMILES string of the molecule is COc1ccc(CCNCC(O)COc2ccc3c(=O)cc(-c4ccccc4)oc3c2)cc1OC. The van der Waals surface area contributed by atoms with E-state index in [1.54, 1.807) is 32.4 Å². The molecule has 182 valence electrons. The van der Waals surface area contributed by atoms with Gasteiger partial charge in [-0.2, -0.15) is 0 Å². The average Bonchev–Trinajstić information content (AvgIpc) is 2.90. The van der Waals surface area contributed by atoms with Crippen LogP contribution in [-0.4, -0.2) is 45.1 Å². The van der Waals surface area contributed by atoms with Crippen molar-refractivity contribution in [1.29, 1.82) is 0 Å². The van der Waals surface area contributed by atoms with E-state index in [1.165, 1.54) is 6.07 Å². The number of hydrogen-bond acceptors (Lipinski definition) is 7. The largest absolute Gasteiger partial charge is 0.493 e. The van der Waals surface area contributed by atoms with Gasteiger partial charge in [-0.05, 0) is 42.8 Å². The molecule has 0 saturated carbocycles. The van der Waals surface area contributed by atoms with Crippen LogP contribution >= 0.6 is 0 Å². The summed E-state index contributed by atoms with van der Waals surface area (Å²) in [6.07, 6.45) is 0.0836. The quantitative estimate of drug-likeness (QED) is 0.316. The van der Waals surface area contributed by atoms with Crippen LogP contribution in [0.2, 0.25) is 0 Å². The molecule has 7 nitrogen and oxygen atoms in total. The summed E-state index contributed by atoms with van der Waals surface area (Å²) in [5, 5.41) is 14.0. The van der Waals surface area contributed by atoms with Crippen LogP contribution in [0.1, 0.15) is 5.56 Å². The number of aliphatic hydroxyl groups excluding tert-OH is 1. The number of hydrogen-bond donors (Lipinski definition) is 2. The van der Waals surface area contributed by atoms with Crippen LogP contribution in [0.3, 0.4) is 0 Å². The maximum atomic E-state index is 12.5. The molecule has 0 amide bonds. The lowest BCUT2D eigenvalue weighted by molar-refractivity contribution is 0.106. The monoisotopic (exact) mass is 475 g/mol. The Hall–Kier alpha value is -3.81. The Morgan fingerprint density at radius 2 is 1.74 bits per heavy atom. The maximum absolute atomic E-state index is 12.5. The van der Waals surface area contributed by atoms with Crippen LogP contribution in [0, 0.1) is 0 Å². The van der Waals surface area contributed by atoms with Crippen molar-refractivity contribution in [2.45, 2.75) is 12.5 Å². The van der Waals surface area contributed by atoms with Gasteiger partial charge >= 0.3 is 0 Å². The third kappa shape index (κ3) is 6.20. The van der Waals surface area contributed by atoms with Crippen LogP contribution in [-0.2, 0) is 6.42 Å². The van der Waals surface area contributed by atoms with Crippen molar-refractivity contribution >= 4 is 11.0 Å². The van der Waals surface area contributed by atoms with Crippen molar-refractivity contribution < 1.29 is 23.7 Å². The third-order valence-electron chi connectivity index (χ3n) is 5.62. The molecule has 4 rings (SSSR count). The number of rotatable bonds is 11. The Bertz CT molecular complexity index is 1320. The van der Waals surface area contributed by atoms with E-state index in [4.69, 9.17) is 18.6 Å². The number of methoxy groups -OCH3 is 2. The van der Waals surface area contributed by atoms with Gasteiger partial charge in [0.1, 0.15) is 29.8 Å². The predicted molar refractivity (Wildman–Crippen MR) is 136 cm³/mol. The van der Waals surface area contributed by atoms with Crippen molar-refractivity contribution in [2.75, 3.05) is 33.9 Å². The first-order valence-corrected chi connectivity index (χ1v) is 11.4. The first-order chi connectivity index (χ1) is 17.1. The second kappa shape index (κ2) is 11.6. The second-order valence-corrected chi connectivity index (χ2v) is 8.11. The molecule has 1 unspecified atom stereocenters. The van der Waals surface area contributed by atoms with E-state index >= 15 is 0 Å². The van der Waals surface area contributed by atoms with Gasteiger partial charge in [-0.3, -0.25) is 4.79 Å². The topological polar surface area (TPSA) is 90.2 Å². The van der Waals surface area contributed by atoms with E-state index < -0.39 is 6.10 Å². The first kappa shape index (κ1) is 24.3. The molecule has 0 aliphatic carbocycles. The highest BCUT2D eigenvalue weighted by Gasteiger charge is 2.10. The Balaban J connectivity index is 1.30. The summed E-state index contributed by atoms with van der Waals surface area (Å²) < 4.78 is 22.3. The molecule has 1 aromatic heterocycles. The average molecular weight is 476 g/mol. The normalized spacial score (nSPS) is 11.9. The lowest BCUT2D eigenvalue weighted by Crippen LogP contribution is -2.32. The van der Waals surface area contributed by atoms with Crippen LogP contribution in [0.5, 0.6) is 17.2 Å². The Labute approximate surface area is 203 Å². The summed E-state index contributed by atoms with van der Waals surface area (Å²) in [6.45, 7) is 1.18. The van der Waals surface area contributed by atoms with Gasteiger partial charge < -0.3 is 29.1 Å². The lowest BCUT2D eigenvalue weighted by atomic mass is 10.1. The Morgan fingerprint density at radius 1 is 0.943 bits per heavy atom. The van der Waals surface area contributed by atoms with Gasteiger partial charge in [0, 0.05) is 24.2 Å². The van der Waals surface area contributed by atoms with Gasteiger partial charge in [0.05, 0.1) is 19.6 Å². The van der Waals surface area contributed by atoms with Crippen molar-refractivity contribution in [1.82, 2.24) is 5.32 Å². The molecule has 0 aliphatic rings. The van der Waals surface area contributed by atoms with Gasteiger partial charge in [-0.1, -0.05) is 36.4 Å². The number of fused-ring (bicyclic) bond motifs is 1. The molecule has 0 radical (unpaired) electrons. The molecule has 0 spiro atoms. The predicted octanol–water partition coefficient (Wildman–Crippen LogP) is 4.05. The summed E-state index contributed by atoms with van der Waals surface area (Å²) in [5.74, 6) is 2.41. The molecule has 4 aromatic rings. The van der Waals surface area contributed by atoms with Gasteiger partial charge in [0.2, 0.25) is 0 Å². The number of benzene rings is 3. The fourth-order valence-electron chi connectivity index (χ4n) is 3.76.